The van der Waals surface area contributed by atoms with E-state index in [4.69, 9.17) is 24.8 Å². The predicted octanol–water partition coefficient (Wildman–Crippen LogP) is 10.8. The molecule has 3 atom stereocenters. The lowest BCUT2D eigenvalue weighted by Crippen LogP contribution is -2.34. The fourth-order valence-electron chi connectivity index (χ4n) is 4.81. The van der Waals surface area contributed by atoms with Crippen LogP contribution in [0.25, 0.3) is 0 Å². The molecule has 61 heavy (non-hydrogen) atoms. The van der Waals surface area contributed by atoms with E-state index < -0.39 is 57.7 Å². The summed E-state index contributed by atoms with van der Waals surface area (Å²) in [5, 5.41) is 8.88. The molecule has 0 radical (unpaired) electrons. The minimum Gasteiger partial charge on any atom is -0.480 e. The highest BCUT2D eigenvalue weighted by atomic mass is 31.2. The summed E-state index contributed by atoms with van der Waals surface area (Å²) in [5.74, 6) is -2.95. The van der Waals surface area contributed by atoms with Gasteiger partial charge in [-0.3, -0.25) is 28.2 Å². The number of carbonyl (C=O) groups excluding carboxylic acids is 3. The molecule has 0 rings (SSSR count). The van der Waals surface area contributed by atoms with Gasteiger partial charge in [0.1, 0.15) is 12.6 Å². The summed E-state index contributed by atoms with van der Waals surface area (Å²) in [6, 6.07) is -1.57. The van der Waals surface area contributed by atoms with Crippen LogP contribution in [0.3, 0.4) is 0 Å². The van der Waals surface area contributed by atoms with E-state index in [0.29, 0.717) is 12.8 Å². The first-order valence-electron chi connectivity index (χ1n) is 21.5. The van der Waals surface area contributed by atoms with Crippen LogP contribution in [0.15, 0.2) is 122 Å². The minimum atomic E-state index is -4.80. The van der Waals surface area contributed by atoms with Gasteiger partial charge in [0.05, 0.1) is 13.2 Å². The molecule has 0 amide bonds. The molecule has 0 heterocycles. The molecular weight excluding hydrogens is 797 g/mol. The summed E-state index contributed by atoms with van der Waals surface area (Å²) in [6.07, 6.45) is 51.5. The number of phosphoric acid groups is 1. The van der Waals surface area contributed by atoms with Gasteiger partial charge in [-0.15, -0.1) is 0 Å². The van der Waals surface area contributed by atoms with Crippen molar-refractivity contribution >= 4 is 31.5 Å². The highest BCUT2D eigenvalue weighted by Crippen LogP contribution is 2.43. The van der Waals surface area contributed by atoms with Gasteiger partial charge in [0.25, 0.3) is 0 Å². The molecule has 0 saturated carbocycles. The van der Waals surface area contributed by atoms with Gasteiger partial charge in [0.2, 0.25) is 0 Å². The summed E-state index contributed by atoms with van der Waals surface area (Å²) >= 11 is 0. The number of hydrogen-bond donors (Lipinski definition) is 3. The molecule has 0 spiro atoms. The molecule has 0 aliphatic carbocycles. The van der Waals surface area contributed by atoms with Gasteiger partial charge in [0, 0.05) is 19.3 Å². The van der Waals surface area contributed by atoms with Crippen LogP contribution in [0.1, 0.15) is 123 Å². The van der Waals surface area contributed by atoms with Gasteiger partial charge in [0.15, 0.2) is 11.9 Å². The van der Waals surface area contributed by atoms with Crippen molar-refractivity contribution < 1.29 is 52.3 Å². The second kappa shape index (κ2) is 40.9. The van der Waals surface area contributed by atoms with E-state index >= 15 is 0 Å². The molecule has 4 N–H and O–H groups in total. The number of ether oxygens (including phenoxy) is 2. The molecule has 340 valence electrons. The van der Waals surface area contributed by atoms with Gasteiger partial charge in [-0.1, -0.05) is 142 Å². The Morgan fingerprint density at radius 1 is 0.574 bits per heavy atom. The van der Waals surface area contributed by atoms with Crippen molar-refractivity contribution in [3.8, 4) is 0 Å². The number of nitrogens with two attached hydrogens (primary N) is 1. The zero-order valence-electron chi connectivity index (χ0n) is 36.4. The first kappa shape index (κ1) is 56.5. The zero-order chi connectivity index (χ0) is 45.1. The molecule has 0 aromatic carbocycles. The number of esters is 2. The molecule has 1 unspecified atom stereocenters. The van der Waals surface area contributed by atoms with Crippen molar-refractivity contribution in [2.75, 3.05) is 19.8 Å². The number of allylic oxidation sites excluding steroid dienone is 20. The van der Waals surface area contributed by atoms with Crippen LogP contribution in [0.2, 0.25) is 0 Å². The SMILES string of the molecule is CC/C=C\C/C=C\C/C=C\C/C=C\C/C=C\C/C=C\CCC(=O)O[C@H](COC(=O)CCCC(=O)/C=C/C=C\C/C=C\C/C=C\CCCCC)COP(=O)(O)OC[C@H](N)C(=O)O. The van der Waals surface area contributed by atoms with Crippen LogP contribution >= 0.6 is 7.82 Å². The van der Waals surface area contributed by atoms with E-state index in [0.717, 1.165) is 51.4 Å². The number of hydrogen-bond acceptors (Lipinski definition) is 10. The normalized spacial score (nSPS) is 14.8. The summed E-state index contributed by atoms with van der Waals surface area (Å²) in [7, 11) is -4.80. The zero-order valence-corrected chi connectivity index (χ0v) is 37.3. The quantitative estimate of drug-likeness (QED) is 0.0133. The number of phosphoric ester groups is 1. The molecule has 0 aliphatic rings. The minimum absolute atomic E-state index is 0.0221. The van der Waals surface area contributed by atoms with Crippen molar-refractivity contribution in [2.45, 2.75) is 135 Å². The Hall–Kier alpha value is -4.45. The highest BCUT2D eigenvalue weighted by molar-refractivity contribution is 7.47. The second-order valence-corrected chi connectivity index (χ2v) is 15.2. The van der Waals surface area contributed by atoms with Crippen LogP contribution in [-0.4, -0.2) is 65.7 Å². The third-order valence-corrected chi connectivity index (χ3v) is 9.13. The van der Waals surface area contributed by atoms with E-state index in [9.17, 15) is 28.6 Å². The Labute approximate surface area is 365 Å². The van der Waals surface area contributed by atoms with E-state index in [-0.39, 0.29) is 31.5 Å². The smallest absolute Gasteiger partial charge is 0.472 e. The Balaban J connectivity index is 4.71. The molecule has 0 aliphatic heterocycles. The second-order valence-electron chi connectivity index (χ2n) is 13.8. The average molecular weight is 870 g/mol. The molecule has 0 aromatic rings. The fraction of sp³-hybridized carbons (Fsp3) is 0.500. The van der Waals surface area contributed by atoms with Crippen LogP contribution in [0.4, 0.5) is 0 Å². The van der Waals surface area contributed by atoms with Crippen molar-refractivity contribution in [3.63, 3.8) is 0 Å². The molecular formula is C48H72NO11P. The highest BCUT2D eigenvalue weighted by Gasteiger charge is 2.28. The lowest BCUT2D eigenvalue weighted by molar-refractivity contribution is -0.161. The van der Waals surface area contributed by atoms with Crippen molar-refractivity contribution in [1.82, 2.24) is 0 Å². The van der Waals surface area contributed by atoms with E-state index in [1.807, 2.05) is 24.3 Å². The topological polar surface area (TPSA) is 189 Å². The summed E-state index contributed by atoms with van der Waals surface area (Å²) in [5.41, 5.74) is 5.31. The number of carboxylic acid groups (broad SMARTS) is 1. The van der Waals surface area contributed by atoms with Crippen LogP contribution in [-0.2, 0) is 42.3 Å². The van der Waals surface area contributed by atoms with E-state index in [1.165, 1.54) is 25.3 Å². The van der Waals surface area contributed by atoms with Gasteiger partial charge < -0.3 is 25.2 Å². The lowest BCUT2D eigenvalue weighted by atomic mass is 10.1. The number of carbonyl (C=O) groups is 4. The van der Waals surface area contributed by atoms with Crippen molar-refractivity contribution in [1.29, 1.82) is 0 Å². The van der Waals surface area contributed by atoms with Gasteiger partial charge in [-0.25, -0.2) is 4.57 Å². The van der Waals surface area contributed by atoms with Crippen LogP contribution in [0.5, 0.6) is 0 Å². The van der Waals surface area contributed by atoms with Crippen LogP contribution < -0.4 is 5.73 Å². The van der Waals surface area contributed by atoms with E-state index in [2.05, 4.69) is 97.4 Å². The average Bonchev–Trinajstić information content (AvgIpc) is 3.23. The van der Waals surface area contributed by atoms with Crippen molar-refractivity contribution in [2.24, 2.45) is 5.73 Å². The third kappa shape index (κ3) is 40.7. The first-order chi connectivity index (χ1) is 29.5. The van der Waals surface area contributed by atoms with Gasteiger partial charge in [-0.05, 0) is 83.1 Å². The first-order valence-corrected chi connectivity index (χ1v) is 23.0. The third-order valence-electron chi connectivity index (χ3n) is 8.18. The number of carboxylic acids is 1. The maximum atomic E-state index is 12.6. The van der Waals surface area contributed by atoms with Crippen LogP contribution in [0, 0.1) is 0 Å². The number of unbranched alkanes of at least 4 members (excludes halogenated alkanes) is 3. The Morgan fingerprint density at radius 2 is 1.08 bits per heavy atom. The maximum Gasteiger partial charge on any atom is 0.472 e. The Bertz CT molecular complexity index is 1550. The largest absolute Gasteiger partial charge is 0.480 e. The molecule has 13 heteroatoms. The molecule has 0 bridgehead atoms. The van der Waals surface area contributed by atoms with Crippen molar-refractivity contribution in [3.05, 3.63) is 122 Å². The predicted molar refractivity (Wildman–Crippen MR) is 244 cm³/mol. The number of aliphatic carboxylic acids is 1. The molecule has 0 fully saturated rings. The monoisotopic (exact) mass is 869 g/mol. The van der Waals surface area contributed by atoms with Gasteiger partial charge >= 0.3 is 25.7 Å². The molecule has 12 nitrogen and oxygen atoms in total. The fourth-order valence-corrected chi connectivity index (χ4v) is 5.58. The summed E-state index contributed by atoms with van der Waals surface area (Å²) in [4.78, 5) is 58.1. The Morgan fingerprint density at radius 3 is 1.62 bits per heavy atom. The molecule has 0 saturated heterocycles. The number of ketones is 1. The standard InChI is InChI=1S/C48H72NO11P/c1-3-5-7-9-11-13-15-17-18-19-20-21-22-24-26-28-30-32-34-38-47(52)60-44(41-58-61(55,56)59-42-45(49)48(53)54)40-57-46(51)39-35-37-43(50)36-33-31-29-27-25-23-16-14-12-10-8-6-4-2/h5,7,11-14,17-18,20-21,23-26,29-33,36,44-45H,3-4,6,8-10,15-16,19,22,27-28,34-35,37-42,49H2,1-2H3,(H,53,54)(H,55,56)/b7-5-,13-11-,14-12-,18-17-,21-20-,25-23-,26-24-,31-29-,32-30-,36-33+/t44-,45+/m1/s1. The molecule has 0 aromatic heterocycles. The summed E-state index contributed by atoms with van der Waals surface area (Å²) in [6.45, 7) is 2.31. The summed E-state index contributed by atoms with van der Waals surface area (Å²) < 4.78 is 32.4. The number of rotatable bonds is 38. The maximum absolute atomic E-state index is 12.6. The van der Waals surface area contributed by atoms with Gasteiger partial charge in [-0.2, -0.15) is 0 Å². The lowest BCUT2D eigenvalue weighted by Gasteiger charge is -2.20. The Kier molecular flexibility index (Phi) is 37.9. The van der Waals surface area contributed by atoms with E-state index in [1.54, 1.807) is 12.2 Å².